The van der Waals surface area contributed by atoms with E-state index in [1.54, 1.807) is 0 Å². The van der Waals surface area contributed by atoms with E-state index in [0.29, 0.717) is 13.2 Å². The minimum atomic E-state index is -2.68. The van der Waals surface area contributed by atoms with Gasteiger partial charge in [0.15, 0.2) is 0 Å². The van der Waals surface area contributed by atoms with Crippen molar-refractivity contribution >= 4 is 18.7 Å². The first-order chi connectivity index (χ1) is 18.8. The number of nitrogens with zero attached hydrogens (tertiary/aromatic N) is 1. The molecule has 202 valence electrons. The largest absolute Gasteiger partial charge is 0.406 e. The SMILES string of the molecule is C[C@@H]([C@@H]1C[C@@]1(CO[Si](c1ccccc1)(c1ccccc1)C(C)(C)C)c1ccccc1)N(O)Cc1ccccc1. The van der Waals surface area contributed by atoms with Gasteiger partial charge in [0.25, 0.3) is 8.32 Å². The number of benzene rings is 4. The second-order valence-electron chi connectivity index (χ2n) is 12.1. The molecule has 4 heteroatoms. The zero-order chi connectivity index (χ0) is 27.5. The Morgan fingerprint density at radius 1 is 0.795 bits per heavy atom. The van der Waals surface area contributed by atoms with Crippen LogP contribution in [0.25, 0.3) is 0 Å². The van der Waals surface area contributed by atoms with Crippen molar-refractivity contribution in [2.24, 2.45) is 5.92 Å². The molecule has 0 amide bonds. The van der Waals surface area contributed by atoms with Crippen LogP contribution >= 0.6 is 0 Å². The first-order valence-corrected chi connectivity index (χ1v) is 16.0. The smallest absolute Gasteiger partial charge is 0.261 e. The van der Waals surface area contributed by atoms with Gasteiger partial charge in [-0.1, -0.05) is 142 Å². The van der Waals surface area contributed by atoms with E-state index < -0.39 is 8.32 Å². The molecule has 1 N–H and O–H groups in total. The number of hydrogen-bond donors (Lipinski definition) is 1. The summed E-state index contributed by atoms with van der Waals surface area (Å²) < 4.78 is 7.47. The molecule has 0 aromatic heterocycles. The number of hydroxylamine groups is 2. The van der Waals surface area contributed by atoms with Gasteiger partial charge in [0.05, 0.1) is 0 Å². The molecule has 1 fully saturated rings. The fraction of sp³-hybridized carbons (Fsp3) is 0.314. The van der Waals surface area contributed by atoms with Gasteiger partial charge in [0.1, 0.15) is 0 Å². The van der Waals surface area contributed by atoms with Crippen LogP contribution in [0.4, 0.5) is 0 Å². The van der Waals surface area contributed by atoms with Crippen LogP contribution in [0.15, 0.2) is 121 Å². The molecule has 3 nitrogen and oxygen atoms in total. The van der Waals surface area contributed by atoms with Crippen LogP contribution in [-0.2, 0) is 16.4 Å². The Bertz CT molecular complexity index is 1290. The maximum atomic E-state index is 11.2. The topological polar surface area (TPSA) is 32.7 Å². The Kier molecular flexibility index (Phi) is 7.93. The fourth-order valence-corrected chi connectivity index (χ4v) is 11.1. The minimum Gasteiger partial charge on any atom is -0.406 e. The Hall–Kier alpha value is -3.02. The summed E-state index contributed by atoms with van der Waals surface area (Å²) in [6, 6.07) is 42.7. The van der Waals surface area contributed by atoms with Crippen molar-refractivity contribution in [3.8, 4) is 0 Å². The van der Waals surface area contributed by atoms with Crippen molar-refractivity contribution in [3.63, 3.8) is 0 Å². The summed E-state index contributed by atoms with van der Waals surface area (Å²) >= 11 is 0. The van der Waals surface area contributed by atoms with Gasteiger partial charge in [-0.3, -0.25) is 0 Å². The average Bonchev–Trinajstić information content (AvgIpc) is 3.70. The van der Waals surface area contributed by atoms with E-state index in [4.69, 9.17) is 4.43 Å². The van der Waals surface area contributed by atoms with E-state index in [1.165, 1.54) is 21.0 Å². The van der Waals surface area contributed by atoms with Gasteiger partial charge in [0.2, 0.25) is 0 Å². The zero-order valence-electron chi connectivity index (χ0n) is 23.6. The van der Waals surface area contributed by atoms with Crippen LogP contribution in [-0.4, -0.2) is 31.2 Å². The van der Waals surface area contributed by atoms with Gasteiger partial charge in [-0.25, -0.2) is 0 Å². The highest BCUT2D eigenvalue weighted by atomic mass is 28.4. The second-order valence-corrected chi connectivity index (χ2v) is 16.4. The molecule has 39 heavy (non-hydrogen) atoms. The molecule has 1 saturated carbocycles. The standard InChI is InChI=1S/C35H41NO2Si/c1-28(36(37)26-29-17-9-5-10-18-29)33-25-35(33,30-19-11-6-12-20-30)27-38-39(34(2,3)4,31-21-13-7-14-22-31)32-23-15-8-16-24-32/h5-24,28,33,37H,25-27H2,1-4H3/t28-,33-,35+/m0/s1. The van der Waals surface area contributed by atoms with Gasteiger partial charge in [-0.2, -0.15) is 5.06 Å². The van der Waals surface area contributed by atoms with Crippen molar-refractivity contribution in [1.82, 2.24) is 5.06 Å². The van der Waals surface area contributed by atoms with Gasteiger partial charge in [-0.15, -0.1) is 0 Å². The van der Waals surface area contributed by atoms with Crippen LogP contribution in [0.5, 0.6) is 0 Å². The van der Waals surface area contributed by atoms with Crippen LogP contribution in [0.3, 0.4) is 0 Å². The molecule has 4 aromatic rings. The summed E-state index contributed by atoms with van der Waals surface area (Å²) in [7, 11) is -2.68. The van der Waals surface area contributed by atoms with Gasteiger partial charge >= 0.3 is 0 Å². The molecule has 1 aliphatic rings. The Labute approximate surface area is 235 Å². The molecule has 5 rings (SSSR count). The summed E-state index contributed by atoms with van der Waals surface area (Å²) in [6.45, 7) is 10.3. The highest BCUT2D eigenvalue weighted by Crippen LogP contribution is 2.58. The molecular formula is C35H41NO2Si. The lowest BCUT2D eigenvalue weighted by atomic mass is 9.92. The summed E-state index contributed by atoms with van der Waals surface area (Å²) in [6.07, 6.45) is 0.988. The third-order valence-electron chi connectivity index (χ3n) is 8.69. The molecule has 0 bridgehead atoms. The second kappa shape index (κ2) is 11.2. The lowest BCUT2D eigenvalue weighted by Gasteiger charge is -2.44. The molecule has 1 aliphatic carbocycles. The monoisotopic (exact) mass is 535 g/mol. The Morgan fingerprint density at radius 2 is 1.26 bits per heavy atom. The highest BCUT2D eigenvalue weighted by Gasteiger charge is 2.61. The van der Waals surface area contributed by atoms with E-state index in [9.17, 15) is 5.21 Å². The molecule has 0 saturated heterocycles. The predicted molar refractivity (Wildman–Crippen MR) is 163 cm³/mol. The Balaban J connectivity index is 1.50. The van der Waals surface area contributed by atoms with Crippen LogP contribution in [0.1, 0.15) is 45.2 Å². The minimum absolute atomic E-state index is 0.00633. The molecule has 0 radical (unpaired) electrons. The quantitative estimate of drug-likeness (QED) is 0.179. The van der Waals surface area contributed by atoms with Crippen molar-refractivity contribution < 1.29 is 9.63 Å². The summed E-state index contributed by atoms with van der Waals surface area (Å²) in [4.78, 5) is 0. The van der Waals surface area contributed by atoms with Crippen LogP contribution in [0, 0.1) is 5.92 Å². The average molecular weight is 536 g/mol. The highest BCUT2D eigenvalue weighted by molar-refractivity contribution is 6.99. The molecule has 3 atom stereocenters. The molecule has 0 aliphatic heterocycles. The maximum absolute atomic E-state index is 11.2. The first kappa shape index (κ1) is 27.5. The van der Waals surface area contributed by atoms with Gasteiger partial charge < -0.3 is 9.63 Å². The normalized spacial score (nSPS) is 20.1. The first-order valence-electron chi connectivity index (χ1n) is 14.1. The van der Waals surface area contributed by atoms with Crippen molar-refractivity contribution in [2.45, 2.75) is 57.2 Å². The van der Waals surface area contributed by atoms with E-state index in [1.807, 2.05) is 18.2 Å². The van der Waals surface area contributed by atoms with Gasteiger partial charge in [-0.05, 0) is 45.8 Å². The zero-order valence-corrected chi connectivity index (χ0v) is 24.6. The number of hydrogen-bond acceptors (Lipinski definition) is 3. The predicted octanol–water partition coefficient (Wildman–Crippen LogP) is 6.80. The fourth-order valence-electron chi connectivity index (χ4n) is 6.44. The molecule has 0 unspecified atom stereocenters. The van der Waals surface area contributed by atoms with Crippen LogP contribution < -0.4 is 10.4 Å². The van der Waals surface area contributed by atoms with Crippen molar-refractivity contribution in [1.29, 1.82) is 0 Å². The molecule has 0 spiro atoms. The summed E-state index contributed by atoms with van der Waals surface area (Å²) in [5.41, 5.74) is 2.26. The third kappa shape index (κ3) is 5.39. The molecular weight excluding hydrogens is 494 g/mol. The van der Waals surface area contributed by atoms with Gasteiger partial charge in [0, 0.05) is 24.6 Å². The number of rotatable bonds is 10. The third-order valence-corrected chi connectivity index (χ3v) is 13.7. The van der Waals surface area contributed by atoms with E-state index in [2.05, 4.69) is 131 Å². The van der Waals surface area contributed by atoms with Crippen molar-refractivity contribution in [2.75, 3.05) is 6.61 Å². The van der Waals surface area contributed by atoms with E-state index >= 15 is 0 Å². The lowest BCUT2D eigenvalue weighted by molar-refractivity contribution is -0.137. The van der Waals surface area contributed by atoms with Crippen LogP contribution in [0.2, 0.25) is 5.04 Å². The van der Waals surface area contributed by atoms with E-state index in [0.717, 1.165) is 12.0 Å². The summed E-state index contributed by atoms with van der Waals surface area (Å²) in [5.74, 6) is 0.284. The summed E-state index contributed by atoms with van der Waals surface area (Å²) in [5, 5.41) is 15.2. The van der Waals surface area contributed by atoms with E-state index in [-0.39, 0.29) is 22.4 Å². The molecule has 0 heterocycles. The van der Waals surface area contributed by atoms with Crippen molar-refractivity contribution in [3.05, 3.63) is 132 Å². The Morgan fingerprint density at radius 3 is 1.74 bits per heavy atom. The maximum Gasteiger partial charge on any atom is 0.261 e. The molecule has 4 aromatic carbocycles. The lowest BCUT2D eigenvalue weighted by Crippen LogP contribution is -2.67.